The minimum absolute atomic E-state index is 0.0653. The van der Waals surface area contributed by atoms with Crippen LogP contribution in [0.25, 0.3) is 0 Å². The van der Waals surface area contributed by atoms with E-state index in [-0.39, 0.29) is 25.8 Å². The van der Waals surface area contributed by atoms with Crippen LogP contribution in [0.1, 0.15) is 39.0 Å². The van der Waals surface area contributed by atoms with E-state index in [2.05, 4.69) is 11.8 Å². The summed E-state index contributed by atoms with van der Waals surface area (Å²) in [6.45, 7) is 1.36. The van der Waals surface area contributed by atoms with Crippen LogP contribution in [-0.4, -0.2) is 53.0 Å². The second-order valence-electron chi connectivity index (χ2n) is 5.64. The van der Waals surface area contributed by atoms with Gasteiger partial charge in [0.25, 0.3) is 0 Å². The number of hydrogen-bond donors (Lipinski definition) is 4. The van der Waals surface area contributed by atoms with Crippen molar-refractivity contribution in [2.75, 3.05) is 25.6 Å². The highest BCUT2D eigenvalue weighted by atomic mass is 32.2. The number of carbonyl (C=O) groups is 2. The molecule has 0 atom stereocenters. The van der Waals surface area contributed by atoms with Crippen molar-refractivity contribution < 1.29 is 29.6 Å². The Balaban J connectivity index is 0.00000108. The number of aliphatic hydroxyl groups excluding tert-OH is 2. The van der Waals surface area contributed by atoms with E-state index in [1.807, 2.05) is 11.8 Å². The Morgan fingerprint density at radius 1 is 1.39 bits per heavy atom. The number of ether oxygens (including phenoxy) is 1. The molecule has 0 aromatic carbocycles. The Labute approximate surface area is 140 Å². The van der Waals surface area contributed by atoms with E-state index in [1.54, 1.807) is 6.92 Å². The fourth-order valence-corrected chi connectivity index (χ4v) is 2.74. The summed E-state index contributed by atoms with van der Waals surface area (Å²) in [5.74, 6) is 0.958. The monoisotopic (exact) mass is 349 g/mol. The average Bonchev–Trinajstić information content (AvgIpc) is 3.02. The highest BCUT2D eigenvalue weighted by Gasteiger charge is 2.24. The van der Waals surface area contributed by atoms with Gasteiger partial charge in [0.2, 0.25) is 0 Å². The molecular weight excluding hydrogens is 322 g/mol. The molecular formula is C15H27NO6S. The van der Waals surface area contributed by atoms with Crippen LogP contribution in [0, 0.1) is 5.41 Å². The Morgan fingerprint density at radius 3 is 2.48 bits per heavy atom. The van der Waals surface area contributed by atoms with Crippen LogP contribution >= 0.6 is 11.8 Å². The van der Waals surface area contributed by atoms with Crippen molar-refractivity contribution in [2.45, 2.75) is 39.0 Å². The van der Waals surface area contributed by atoms with Gasteiger partial charge in [-0.2, -0.15) is 0 Å². The molecule has 8 heteroatoms. The van der Waals surface area contributed by atoms with Crippen LogP contribution in [0.4, 0.5) is 4.79 Å². The van der Waals surface area contributed by atoms with Crippen molar-refractivity contribution in [3.05, 3.63) is 11.0 Å². The van der Waals surface area contributed by atoms with Gasteiger partial charge in [-0.05, 0) is 36.3 Å². The van der Waals surface area contributed by atoms with Crippen molar-refractivity contribution in [1.29, 1.82) is 0 Å². The van der Waals surface area contributed by atoms with Gasteiger partial charge in [0.15, 0.2) is 0 Å². The fourth-order valence-electron chi connectivity index (χ4n) is 1.66. The van der Waals surface area contributed by atoms with E-state index in [1.165, 1.54) is 23.5 Å². The molecule has 1 amide bonds. The smallest absolute Gasteiger partial charge is 0.402 e. The predicted molar refractivity (Wildman–Crippen MR) is 89.1 cm³/mol. The second-order valence-corrected chi connectivity index (χ2v) is 6.86. The molecule has 0 spiro atoms. The number of aliphatic hydroxyl groups is 2. The van der Waals surface area contributed by atoms with Gasteiger partial charge in [-0.1, -0.05) is 13.0 Å². The third kappa shape index (κ3) is 11.9. The first kappa shape index (κ1) is 21.8. The van der Waals surface area contributed by atoms with Gasteiger partial charge in [-0.25, -0.2) is 4.79 Å². The summed E-state index contributed by atoms with van der Waals surface area (Å²) in [6.07, 6.45) is 5.42. The lowest BCUT2D eigenvalue weighted by Crippen LogP contribution is -2.32. The molecule has 7 nitrogen and oxygen atoms in total. The lowest BCUT2D eigenvalue weighted by molar-refractivity contribution is -0.149. The van der Waals surface area contributed by atoms with Gasteiger partial charge in [0, 0.05) is 11.8 Å². The van der Waals surface area contributed by atoms with Gasteiger partial charge in [-0.3, -0.25) is 4.79 Å². The average molecular weight is 349 g/mol. The summed E-state index contributed by atoms with van der Waals surface area (Å²) in [6, 6.07) is 0. The number of carbonyl (C=O) groups excluding carboxylic acids is 1. The molecule has 1 fully saturated rings. The number of amides is 1. The number of primary amides is 1. The number of carboxylic acid groups (broad SMARTS) is 1. The highest BCUT2D eigenvalue weighted by molar-refractivity contribution is 8.03. The van der Waals surface area contributed by atoms with Crippen molar-refractivity contribution in [3.8, 4) is 0 Å². The molecule has 1 aliphatic heterocycles. The van der Waals surface area contributed by atoms with Crippen LogP contribution in [0.3, 0.4) is 0 Å². The largest absolute Gasteiger partial charge is 0.465 e. The Bertz CT molecular complexity index is 383. The van der Waals surface area contributed by atoms with Crippen molar-refractivity contribution in [2.24, 2.45) is 11.1 Å². The summed E-state index contributed by atoms with van der Waals surface area (Å²) in [7, 11) is 0. The van der Waals surface area contributed by atoms with Crippen LogP contribution in [-0.2, 0) is 9.53 Å². The number of nitrogens with two attached hydrogens (primary N) is 1. The molecule has 1 rings (SSSR count). The number of thioether (sulfide) groups is 1. The molecule has 134 valence electrons. The first-order chi connectivity index (χ1) is 10.8. The molecule has 0 saturated carbocycles. The molecule has 0 aliphatic carbocycles. The molecule has 0 radical (unpaired) electrons. The molecule has 1 heterocycles. The van der Waals surface area contributed by atoms with Gasteiger partial charge in [0.1, 0.15) is 6.61 Å². The first-order valence-corrected chi connectivity index (χ1v) is 8.49. The SMILES string of the molecule is CC(CO)(CO)COC(=O)CCC/C=C1\CCCS1.NC(=O)O. The topological polar surface area (TPSA) is 130 Å². The molecule has 0 bridgehead atoms. The zero-order valence-corrected chi connectivity index (χ0v) is 14.3. The zero-order valence-electron chi connectivity index (χ0n) is 13.5. The van der Waals surface area contributed by atoms with E-state index in [9.17, 15) is 4.79 Å². The van der Waals surface area contributed by atoms with Gasteiger partial charge >= 0.3 is 12.1 Å². The Morgan fingerprint density at radius 2 is 2.00 bits per heavy atom. The number of allylic oxidation sites excluding steroid dienone is 2. The lowest BCUT2D eigenvalue weighted by Gasteiger charge is -2.23. The summed E-state index contributed by atoms with van der Waals surface area (Å²) >= 11 is 1.91. The molecule has 0 unspecified atom stereocenters. The standard InChI is InChI=1S/C14H24O4S.CH3NO2/c1-14(9-15,10-16)11-18-13(17)7-3-2-5-12-6-4-8-19-12;2-1(3)4/h5,15-16H,2-4,6-11H2,1H3;2H2,(H,3,4)/b12-5+;. The van der Waals surface area contributed by atoms with Crippen LogP contribution < -0.4 is 5.73 Å². The maximum atomic E-state index is 11.5. The summed E-state index contributed by atoms with van der Waals surface area (Å²) in [5.41, 5.74) is 3.29. The molecule has 0 aromatic heterocycles. The van der Waals surface area contributed by atoms with Crippen LogP contribution in [0.5, 0.6) is 0 Å². The minimum atomic E-state index is -1.33. The van der Waals surface area contributed by atoms with Crippen LogP contribution in [0.15, 0.2) is 11.0 Å². The first-order valence-electron chi connectivity index (χ1n) is 7.50. The van der Waals surface area contributed by atoms with Gasteiger partial charge < -0.3 is 25.8 Å². The molecule has 1 aliphatic rings. The quantitative estimate of drug-likeness (QED) is 0.388. The van der Waals surface area contributed by atoms with E-state index in [0.717, 1.165) is 12.8 Å². The molecule has 1 saturated heterocycles. The lowest BCUT2D eigenvalue weighted by atomic mass is 9.94. The minimum Gasteiger partial charge on any atom is -0.465 e. The fraction of sp³-hybridized carbons (Fsp3) is 0.733. The zero-order chi connectivity index (χ0) is 17.7. The van der Waals surface area contributed by atoms with E-state index >= 15 is 0 Å². The number of unbranched alkanes of at least 4 members (excludes halogenated alkanes) is 1. The maximum absolute atomic E-state index is 11.5. The third-order valence-corrected chi connectivity index (χ3v) is 4.39. The number of rotatable bonds is 8. The molecule has 5 N–H and O–H groups in total. The van der Waals surface area contributed by atoms with Crippen molar-refractivity contribution in [1.82, 2.24) is 0 Å². The molecule has 23 heavy (non-hydrogen) atoms. The number of hydrogen-bond acceptors (Lipinski definition) is 6. The third-order valence-electron chi connectivity index (χ3n) is 3.16. The summed E-state index contributed by atoms with van der Waals surface area (Å²) < 4.78 is 5.08. The summed E-state index contributed by atoms with van der Waals surface area (Å²) in [5, 5.41) is 25.3. The Hall–Kier alpha value is -1.25. The van der Waals surface area contributed by atoms with Crippen molar-refractivity contribution in [3.63, 3.8) is 0 Å². The summed E-state index contributed by atoms with van der Waals surface area (Å²) in [4.78, 5) is 21.7. The molecule has 0 aromatic rings. The maximum Gasteiger partial charge on any atom is 0.402 e. The Kier molecular flexibility index (Phi) is 11.5. The van der Waals surface area contributed by atoms with E-state index in [0.29, 0.717) is 6.42 Å². The number of esters is 1. The van der Waals surface area contributed by atoms with E-state index in [4.69, 9.17) is 24.9 Å². The van der Waals surface area contributed by atoms with Crippen LogP contribution in [0.2, 0.25) is 0 Å². The van der Waals surface area contributed by atoms with Gasteiger partial charge in [-0.15, -0.1) is 11.8 Å². The predicted octanol–water partition coefficient (Wildman–Crippen LogP) is 1.72. The normalized spacial score (nSPS) is 15.9. The second kappa shape index (κ2) is 12.2. The highest BCUT2D eigenvalue weighted by Crippen LogP contribution is 2.30. The van der Waals surface area contributed by atoms with E-state index < -0.39 is 11.5 Å². The van der Waals surface area contributed by atoms with Gasteiger partial charge in [0.05, 0.1) is 13.2 Å². The van der Waals surface area contributed by atoms with Crippen molar-refractivity contribution >= 4 is 23.8 Å².